The molecule has 0 saturated heterocycles. The molecule has 0 aromatic heterocycles. The summed E-state index contributed by atoms with van der Waals surface area (Å²) in [5.74, 6) is 0.977. The van der Waals surface area contributed by atoms with Gasteiger partial charge in [-0.3, -0.25) is 15.0 Å². The van der Waals surface area contributed by atoms with E-state index in [1.807, 2.05) is 49.4 Å². The van der Waals surface area contributed by atoms with Gasteiger partial charge in [-0.15, -0.1) is 0 Å². The zero-order valence-electron chi connectivity index (χ0n) is 14.8. The first-order valence-corrected chi connectivity index (χ1v) is 8.63. The topological polar surface area (TPSA) is 79.9 Å². The van der Waals surface area contributed by atoms with Crippen molar-refractivity contribution in [2.45, 2.75) is 19.9 Å². The molecule has 138 valence electrons. The van der Waals surface area contributed by atoms with Crippen molar-refractivity contribution in [3.05, 3.63) is 65.4 Å². The first kappa shape index (κ1) is 17.0. The number of rotatable bonds is 4. The van der Waals surface area contributed by atoms with Crippen LogP contribution in [0.25, 0.3) is 0 Å². The van der Waals surface area contributed by atoms with E-state index in [1.165, 1.54) is 5.01 Å². The van der Waals surface area contributed by atoms with Gasteiger partial charge in [-0.05, 0) is 42.8 Å². The lowest BCUT2D eigenvalue weighted by Crippen LogP contribution is -2.48. The van der Waals surface area contributed by atoms with Crippen molar-refractivity contribution in [3.8, 4) is 11.5 Å². The molecule has 0 fully saturated rings. The molecule has 2 heterocycles. The highest BCUT2D eigenvalue weighted by atomic mass is 16.7. The number of nitrogens with zero attached hydrogens (tertiary/aromatic N) is 1. The predicted molar refractivity (Wildman–Crippen MR) is 98.9 cm³/mol. The van der Waals surface area contributed by atoms with Crippen LogP contribution in [0.5, 0.6) is 11.5 Å². The van der Waals surface area contributed by atoms with Gasteiger partial charge >= 0.3 is 0 Å². The van der Waals surface area contributed by atoms with Crippen molar-refractivity contribution in [1.29, 1.82) is 0 Å². The highest BCUT2D eigenvalue weighted by Crippen LogP contribution is 2.32. The van der Waals surface area contributed by atoms with Gasteiger partial charge in [0.1, 0.15) is 5.70 Å². The van der Waals surface area contributed by atoms with Crippen LogP contribution < -0.4 is 25.2 Å². The van der Waals surface area contributed by atoms with Gasteiger partial charge in [-0.1, -0.05) is 23.8 Å². The van der Waals surface area contributed by atoms with Gasteiger partial charge in [0, 0.05) is 13.0 Å². The van der Waals surface area contributed by atoms with Crippen molar-refractivity contribution in [2.24, 2.45) is 0 Å². The minimum absolute atomic E-state index is 0.119. The van der Waals surface area contributed by atoms with Crippen LogP contribution in [0, 0.1) is 6.92 Å². The Bertz CT molecular complexity index is 921. The van der Waals surface area contributed by atoms with Crippen molar-refractivity contribution in [3.63, 3.8) is 0 Å². The minimum Gasteiger partial charge on any atom is -0.454 e. The Morgan fingerprint density at radius 2 is 1.93 bits per heavy atom. The molecule has 2 aromatic carbocycles. The maximum atomic E-state index is 12.5. The monoisotopic (exact) mass is 365 g/mol. The number of amides is 2. The smallest absolute Gasteiger partial charge is 0.269 e. The van der Waals surface area contributed by atoms with Crippen LogP contribution in [0.15, 0.2) is 54.2 Å². The van der Waals surface area contributed by atoms with Crippen LogP contribution in [0.1, 0.15) is 17.5 Å². The summed E-state index contributed by atoms with van der Waals surface area (Å²) >= 11 is 0. The molecule has 7 nitrogen and oxygen atoms in total. The van der Waals surface area contributed by atoms with Crippen LogP contribution in [-0.2, 0) is 16.1 Å². The van der Waals surface area contributed by atoms with Crippen LogP contribution in [-0.4, -0.2) is 18.6 Å². The minimum atomic E-state index is -0.280. The molecular weight excluding hydrogens is 346 g/mol. The molecule has 2 aliphatic heterocycles. The summed E-state index contributed by atoms with van der Waals surface area (Å²) in [5, 5.41) is 4.25. The van der Waals surface area contributed by atoms with E-state index in [-0.39, 0.29) is 25.0 Å². The van der Waals surface area contributed by atoms with E-state index in [0.717, 1.165) is 11.1 Å². The number of ether oxygens (including phenoxy) is 2. The van der Waals surface area contributed by atoms with Crippen molar-refractivity contribution in [1.82, 2.24) is 10.7 Å². The van der Waals surface area contributed by atoms with Gasteiger partial charge in [-0.25, -0.2) is 5.01 Å². The number of anilines is 1. The lowest BCUT2D eigenvalue weighted by atomic mass is 10.2. The molecule has 0 aliphatic carbocycles. The highest BCUT2D eigenvalue weighted by Gasteiger charge is 2.24. The number of nitrogens with one attached hydrogen (secondary N) is 2. The summed E-state index contributed by atoms with van der Waals surface area (Å²) in [7, 11) is 0. The molecule has 2 amide bonds. The number of hydrogen-bond acceptors (Lipinski definition) is 5. The summed E-state index contributed by atoms with van der Waals surface area (Å²) < 4.78 is 10.6. The molecule has 0 atom stereocenters. The second-order valence-electron chi connectivity index (χ2n) is 6.37. The number of benzene rings is 2. The fourth-order valence-electron chi connectivity index (χ4n) is 2.88. The molecule has 2 aromatic rings. The van der Waals surface area contributed by atoms with E-state index in [2.05, 4.69) is 10.7 Å². The number of carbonyl (C=O) groups excluding carboxylic acids is 2. The Balaban J connectivity index is 1.41. The van der Waals surface area contributed by atoms with E-state index in [1.54, 1.807) is 6.08 Å². The molecule has 7 heteroatoms. The summed E-state index contributed by atoms with van der Waals surface area (Å²) in [4.78, 5) is 24.7. The number of hydrogen-bond donors (Lipinski definition) is 2. The Morgan fingerprint density at radius 1 is 1.15 bits per heavy atom. The molecule has 27 heavy (non-hydrogen) atoms. The quantitative estimate of drug-likeness (QED) is 0.868. The van der Waals surface area contributed by atoms with E-state index in [9.17, 15) is 9.59 Å². The molecule has 0 saturated carbocycles. The highest BCUT2D eigenvalue weighted by molar-refractivity contribution is 6.01. The fraction of sp³-hybridized carbons (Fsp3) is 0.200. The first-order valence-electron chi connectivity index (χ1n) is 8.63. The Morgan fingerprint density at radius 3 is 2.74 bits per heavy atom. The summed E-state index contributed by atoms with van der Waals surface area (Å²) in [6, 6.07) is 13.1. The van der Waals surface area contributed by atoms with Crippen molar-refractivity contribution >= 4 is 17.5 Å². The average molecular weight is 365 g/mol. The van der Waals surface area contributed by atoms with Gasteiger partial charge < -0.3 is 14.8 Å². The molecule has 4 rings (SSSR count). The van der Waals surface area contributed by atoms with Gasteiger partial charge in [0.25, 0.3) is 5.91 Å². The number of fused-ring (bicyclic) bond motifs is 1. The summed E-state index contributed by atoms with van der Waals surface area (Å²) in [5.41, 5.74) is 5.94. The third-order valence-electron chi connectivity index (χ3n) is 4.39. The van der Waals surface area contributed by atoms with E-state index in [0.29, 0.717) is 29.4 Å². The average Bonchev–Trinajstić information content (AvgIpc) is 3.15. The van der Waals surface area contributed by atoms with E-state index in [4.69, 9.17) is 9.47 Å². The zero-order valence-corrected chi connectivity index (χ0v) is 14.8. The van der Waals surface area contributed by atoms with Crippen LogP contribution in [0.2, 0.25) is 0 Å². The SMILES string of the molecule is Cc1ccc(N2NC(C(=O)NCc3ccc4c(c3)OCO4)=CCC2=O)cc1. The second kappa shape index (κ2) is 7.03. The first-order chi connectivity index (χ1) is 13.1. The van der Waals surface area contributed by atoms with Crippen LogP contribution >= 0.6 is 0 Å². The molecule has 0 unspecified atom stereocenters. The number of hydrazine groups is 1. The lowest BCUT2D eigenvalue weighted by molar-refractivity contribution is -0.120. The van der Waals surface area contributed by atoms with E-state index >= 15 is 0 Å². The summed E-state index contributed by atoms with van der Waals surface area (Å²) in [6.45, 7) is 2.53. The maximum Gasteiger partial charge on any atom is 0.269 e. The van der Waals surface area contributed by atoms with Gasteiger partial charge in [0.2, 0.25) is 12.7 Å². The Labute approximate surface area is 156 Å². The van der Waals surface area contributed by atoms with Crippen LogP contribution in [0.3, 0.4) is 0 Å². The molecule has 0 spiro atoms. The van der Waals surface area contributed by atoms with Crippen molar-refractivity contribution < 1.29 is 19.1 Å². The zero-order chi connectivity index (χ0) is 18.8. The normalized spacial score (nSPS) is 15.2. The fourth-order valence-corrected chi connectivity index (χ4v) is 2.88. The molecule has 2 N–H and O–H groups in total. The largest absolute Gasteiger partial charge is 0.454 e. The Hall–Kier alpha value is -3.48. The molecule has 0 radical (unpaired) electrons. The number of carbonyl (C=O) groups is 2. The Kier molecular flexibility index (Phi) is 4.42. The lowest BCUT2D eigenvalue weighted by Gasteiger charge is -2.28. The standard InChI is InChI=1S/C20H19N3O4/c1-13-2-5-15(6-3-13)23-19(24)9-7-16(22-23)20(25)21-11-14-4-8-17-18(10-14)27-12-26-17/h2-8,10,22H,9,11-12H2,1H3,(H,21,25). The molecular formula is C20H19N3O4. The molecule has 0 bridgehead atoms. The summed E-state index contributed by atoms with van der Waals surface area (Å²) in [6.07, 6.45) is 1.76. The van der Waals surface area contributed by atoms with E-state index < -0.39 is 0 Å². The second-order valence-corrected chi connectivity index (χ2v) is 6.37. The van der Waals surface area contributed by atoms with Gasteiger partial charge in [0.15, 0.2) is 11.5 Å². The maximum absolute atomic E-state index is 12.5. The van der Waals surface area contributed by atoms with Crippen molar-refractivity contribution in [2.75, 3.05) is 11.8 Å². The van der Waals surface area contributed by atoms with Gasteiger partial charge in [-0.2, -0.15) is 0 Å². The van der Waals surface area contributed by atoms with Crippen LogP contribution in [0.4, 0.5) is 5.69 Å². The molecule has 2 aliphatic rings. The predicted octanol–water partition coefficient (Wildman–Crippen LogP) is 2.17. The third-order valence-corrected chi connectivity index (χ3v) is 4.39. The van der Waals surface area contributed by atoms with Gasteiger partial charge in [0.05, 0.1) is 5.69 Å². The number of aryl methyl sites for hydroxylation is 1. The third kappa shape index (κ3) is 3.57.